The first-order chi connectivity index (χ1) is 11.0. The van der Waals surface area contributed by atoms with Gasteiger partial charge in [0.2, 0.25) is 5.91 Å². The smallest absolute Gasteiger partial charge is 0.318 e. The summed E-state index contributed by atoms with van der Waals surface area (Å²) in [6.45, 7) is 5.51. The van der Waals surface area contributed by atoms with E-state index in [1.807, 2.05) is 24.1 Å². The molecule has 0 aliphatic carbocycles. The van der Waals surface area contributed by atoms with Gasteiger partial charge in [0.05, 0.1) is 19.3 Å². The number of imide groups is 1. The zero-order chi connectivity index (χ0) is 16.8. The number of primary amides is 1. The van der Waals surface area contributed by atoms with E-state index < -0.39 is 18.0 Å². The number of urea groups is 1. The molecule has 1 aromatic rings. The van der Waals surface area contributed by atoms with E-state index in [0.717, 1.165) is 37.6 Å². The Hall–Kier alpha value is -2.12. The standard InChI is InChI=1S/C16H24N4O3/c1-12(15(21)18-16(17)22)19(2)11-13-5-3-4-6-14(13)20-7-9-23-10-8-20/h3-6,12H,7-11H2,1-2H3,(H3,17,18,21,22)/t12-/m0/s1. The second kappa shape index (κ2) is 7.94. The largest absolute Gasteiger partial charge is 0.378 e. The number of nitrogens with zero attached hydrogens (tertiary/aromatic N) is 2. The van der Waals surface area contributed by atoms with Gasteiger partial charge in [0.15, 0.2) is 0 Å². The van der Waals surface area contributed by atoms with Gasteiger partial charge in [0, 0.05) is 25.3 Å². The summed E-state index contributed by atoms with van der Waals surface area (Å²) in [5.41, 5.74) is 7.29. The monoisotopic (exact) mass is 320 g/mol. The minimum atomic E-state index is -0.830. The molecule has 3 amide bonds. The molecule has 0 aromatic heterocycles. The van der Waals surface area contributed by atoms with Crippen LogP contribution in [0.15, 0.2) is 24.3 Å². The maximum atomic E-state index is 11.9. The number of morpholine rings is 1. The number of amides is 3. The van der Waals surface area contributed by atoms with Crippen molar-refractivity contribution in [2.45, 2.75) is 19.5 Å². The van der Waals surface area contributed by atoms with Crippen molar-refractivity contribution in [2.75, 3.05) is 38.3 Å². The van der Waals surface area contributed by atoms with Gasteiger partial charge in [-0.25, -0.2) is 4.79 Å². The number of likely N-dealkylation sites (N-methyl/N-ethyl adjacent to an activating group) is 1. The molecule has 2 rings (SSSR count). The van der Waals surface area contributed by atoms with Gasteiger partial charge in [0.1, 0.15) is 0 Å². The Morgan fingerprint density at radius 2 is 2.00 bits per heavy atom. The third-order valence-electron chi connectivity index (χ3n) is 4.05. The number of ether oxygens (including phenoxy) is 1. The molecule has 7 heteroatoms. The summed E-state index contributed by atoms with van der Waals surface area (Å²) in [6.07, 6.45) is 0. The highest BCUT2D eigenvalue weighted by atomic mass is 16.5. The van der Waals surface area contributed by atoms with Crippen LogP contribution in [0.4, 0.5) is 10.5 Å². The van der Waals surface area contributed by atoms with Crippen LogP contribution in [-0.4, -0.2) is 56.2 Å². The lowest BCUT2D eigenvalue weighted by molar-refractivity contribution is -0.124. The van der Waals surface area contributed by atoms with Crippen LogP contribution in [0, 0.1) is 0 Å². The number of anilines is 1. The Kier molecular flexibility index (Phi) is 5.95. The summed E-state index contributed by atoms with van der Waals surface area (Å²) in [6, 6.07) is 6.85. The second-order valence-electron chi connectivity index (χ2n) is 5.67. The van der Waals surface area contributed by atoms with Gasteiger partial charge in [-0.15, -0.1) is 0 Å². The van der Waals surface area contributed by atoms with Crippen LogP contribution in [0.1, 0.15) is 12.5 Å². The Morgan fingerprint density at radius 3 is 2.65 bits per heavy atom. The minimum Gasteiger partial charge on any atom is -0.378 e. The molecular formula is C16H24N4O3. The molecule has 0 spiro atoms. The van der Waals surface area contributed by atoms with Crippen molar-refractivity contribution < 1.29 is 14.3 Å². The first kappa shape index (κ1) is 17.2. The van der Waals surface area contributed by atoms with Crippen LogP contribution in [-0.2, 0) is 16.1 Å². The van der Waals surface area contributed by atoms with Crippen molar-refractivity contribution in [3.05, 3.63) is 29.8 Å². The van der Waals surface area contributed by atoms with E-state index in [1.165, 1.54) is 0 Å². The summed E-state index contributed by atoms with van der Waals surface area (Å²) >= 11 is 0. The maximum Gasteiger partial charge on any atom is 0.318 e. The van der Waals surface area contributed by atoms with Crippen molar-refractivity contribution >= 4 is 17.6 Å². The first-order valence-corrected chi connectivity index (χ1v) is 7.70. The number of hydrogen-bond acceptors (Lipinski definition) is 5. The van der Waals surface area contributed by atoms with E-state index in [1.54, 1.807) is 6.92 Å². The fraction of sp³-hybridized carbons (Fsp3) is 0.500. The topological polar surface area (TPSA) is 87.9 Å². The molecule has 0 radical (unpaired) electrons. The predicted molar refractivity (Wildman–Crippen MR) is 88.1 cm³/mol. The zero-order valence-corrected chi connectivity index (χ0v) is 13.6. The van der Waals surface area contributed by atoms with Crippen LogP contribution in [0.2, 0.25) is 0 Å². The fourth-order valence-corrected chi connectivity index (χ4v) is 2.59. The Morgan fingerprint density at radius 1 is 1.35 bits per heavy atom. The van der Waals surface area contributed by atoms with Crippen LogP contribution in [0.25, 0.3) is 0 Å². The number of carbonyl (C=O) groups excluding carboxylic acids is 2. The molecule has 0 saturated carbocycles. The Balaban J connectivity index is 2.07. The summed E-state index contributed by atoms with van der Waals surface area (Å²) in [5.74, 6) is -0.399. The van der Waals surface area contributed by atoms with Gasteiger partial charge in [-0.3, -0.25) is 15.0 Å². The molecule has 0 unspecified atom stereocenters. The normalized spacial score (nSPS) is 16.2. The molecule has 1 fully saturated rings. The highest BCUT2D eigenvalue weighted by Crippen LogP contribution is 2.23. The molecule has 3 N–H and O–H groups in total. The van der Waals surface area contributed by atoms with E-state index in [9.17, 15) is 9.59 Å². The predicted octanol–water partition coefficient (Wildman–Crippen LogP) is 0.538. The van der Waals surface area contributed by atoms with Gasteiger partial charge in [-0.1, -0.05) is 18.2 Å². The minimum absolute atomic E-state index is 0.399. The fourth-order valence-electron chi connectivity index (χ4n) is 2.59. The average Bonchev–Trinajstić information content (AvgIpc) is 2.54. The number of hydrogen-bond donors (Lipinski definition) is 2. The van der Waals surface area contributed by atoms with E-state index in [2.05, 4.69) is 22.3 Å². The lowest BCUT2D eigenvalue weighted by Crippen LogP contribution is -2.47. The Bertz CT molecular complexity index is 558. The van der Waals surface area contributed by atoms with E-state index in [4.69, 9.17) is 10.5 Å². The number of carbonyl (C=O) groups is 2. The van der Waals surface area contributed by atoms with E-state index in [-0.39, 0.29) is 0 Å². The zero-order valence-electron chi connectivity index (χ0n) is 13.6. The number of benzene rings is 1. The number of para-hydroxylation sites is 1. The quantitative estimate of drug-likeness (QED) is 0.827. The summed E-state index contributed by atoms with van der Waals surface area (Å²) in [5, 5.41) is 2.12. The molecule has 1 heterocycles. The SMILES string of the molecule is C[C@@H](C(=O)NC(N)=O)N(C)Cc1ccccc1N1CCOCC1. The molecular weight excluding hydrogens is 296 g/mol. The van der Waals surface area contributed by atoms with E-state index >= 15 is 0 Å². The van der Waals surface area contributed by atoms with Crippen LogP contribution in [0.5, 0.6) is 0 Å². The first-order valence-electron chi connectivity index (χ1n) is 7.70. The lowest BCUT2D eigenvalue weighted by Gasteiger charge is -2.32. The van der Waals surface area contributed by atoms with Gasteiger partial charge < -0.3 is 15.4 Å². The molecule has 1 atom stereocenters. The highest BCUT2D eigenvalue weighted by Gasteiger charge is 2.21. The molecule has 126 valence electrons. The molecule has 0 bridgehead atoms. The summed E-state index contributed by atoms with van der Waals surface area (Å²) in [7, 11) is 1.85. The molecule has 1 saturated heterocycles. The highest BCUT2D eigenvalue weighted by molar-refractivity contribution is 5.96. The van der Waals surface area contributed by atoms with E-state index in [0.29, 0.717) is 6.54 Å². The van der Waals surface area contributed by atoms with Gasteiger partial charge >= 0.3 is 6.03 Å². The maximum absolute atomic E-state index is 11.9. The lowest BCUT2D eigenvalue weighted by atomic mass is 10.1. The van der Waals surface area contributed by atoms with Crippen molar-refractivity contribution in [1.82, 2.24) is 10.2 Å². The molecule has 23 heavy (non-hydrogen) atoms. The number of rotatable bonds is 5. The van der Waals surface area contributed by atoms with Gasteiger partial charge in [0.25, 0.3) is 0 Å². The Labute approximate surface area is 136 Å². The van der Waals surface area contributed by atoms with Gasteiger partial charge in [-0.05, 0) is 25.6 Å². The van der Waals surface area contributed by atoms with Crippen molar-refractivity contribution in [3.8, 4) is 0 Å². The third kappa shape index (κ3) is 4.67. The molecule has 7 nitrogen and oxygen atoms in total. The van der Waals surface area contributed by atoms with Crippen molar-refractivity contribution in [2.24, 2.45) is 5.73 Å². The van der Waals surface area contributed by atoms with Crippen LogP contribution in [0.3, 0.4) is 0 Å². The third-order valence-corrected chi connectivity index (χ3v) is 4.05. The molecule has 1 aromatic carbocycles. The summed E-state index contributed by atoms with van der Waals surface area (Å²) < 4.78 is 5.40. The number of nitrogens with one attached hydrogen (secondary N) is 1. The average molecular weight is 320 g/mol. The van der Waals surface area contributed by atoms with Crippen molar-refractivity contribution in [3.63, 3.8) is 0 Å². The molecule has 1 aliphatic heterocycles. The molecule has 1 aliphatic rings. The second-order valence-corrected chi connectivity index (χ2v) is 5.67. The van der Waals surface area contributed by atoms with Crippen molar-refractivity contribution in [1.29, 1.82) is 0 Å². The van der Waals surface area contributed by atoms with Crippen LogP contribution < -0.4 is 16.0 Å². The number of nitrogens with two attached hydrogens (primary N) is 1. The summed E-state index contributed by atoms with van der Waals surface area (Å²) in [4.78, 5) is 26.9. The van der Waals surface area contributed by atoms with Gasteiger partial charge in [-0.2, -0.15) is 0 Å². The van der Waals surface area contributed by atoms with Crippen LogP contribution >= 0.6 is 0 Å².